The van der Waals surface area contributed by atoms with Crippen LogP contribution < -0.4 is 11.3 Å². The zero-order chi connectivity index (χ0) is 23.6. The van der Waals surface area contributed by atoms with Crippen LogP contribution in [0.1, 0.15) is 16.7 Å². The summed E-state index contributed by atoms with van der Waals surface area (Å²) < 4.78 is 38.9. The molecule has 0 saturated heterocycles. The number of nitro benzene ring substituents is 1. The molecule has 0 aliphatic rings. The van der Waals surface area contributed by atoms with E-state index in [1.807, 2.05) is 0 Å². The molecule has 3 aromatic rings. The van der Waals surface area contributed by atoms with Crippen LogP contribution in [0.5, 0.6) is 0 Å². The number of nitrogens with one attached hydrogen (secondary N) is 1. The Balaban J connectivity index is 2.16. The summed E-state index contributed by atoms with van der Waals surface area (Å²) >= 11 is 0.739. The SMILES string of the molecule is N#Cc1c(N)[nH]c(=O)c(C#N)c1-c1ccc(Sc2cccc(C(F)(F)F)c2)c([N+](=O)[O-])c1. The number of nitrogens with two attached hydrogens (primary N) is 1. The first-order valence-corrected chi connectivity index (χ1v) is 9.38. The number of aromatic amines is 1. The molecule has 8 nitrogen and oxygen atoms in total. The number of hydrogen-bond acceptors (Lipinski definition) is 7. The predicted octanol–water partition coefficient (Wildman–Crippen LogP) is 4.45. The molecular weight excluding hydrogens is 447 g/mol. The number of H-pyrrole nitrogens is 1. The Morgan fingerprint density at radius 3 is 2.38 bits per heavy atom. The molecule has 0 saturated carbocycles. The Bertz CT molecular complexity index is 1390. The standard InChI is InChI=1S/C20H10F3N5O3S/c21-20(22,23)11-2-1-3-12(7-11)32-16-5-4-10(6-15(16)28(30)31)17-13(8-24)18(26)27-19(29)14(17)9-25/h1-7H,(H3,26,27,29). The fraction of sp³-hybridized carbons (Fsp3) is 0.0500. The summed E-state index contributed by atoms with van der Waals surface area (Å²) in [5.74, 6) is -0.309. The maximum atomic E-state index is 13.0. The molecule has 0 atom stereocenters. The van der Waals surface area contributed by atoms with E-state index >= 15 is 0 Å². The van der Waals surface area contributed by atoms with E-state index < -0.39 is 33.5 Å². The molecule has 3 N–H and O–H groups in total. The third kappa shape index (κ3) is 4.26. The molecule has 32 heavy (non-hydrogen) atoms. The summed E-state index contributed by atoms with van der Waals surface area (Å²) in [4.78, 5) is 25.3. The number of hydrogen-bond donors (Lipinski definition) is 2. The smallest absolute Gasteiger partial charge is 0.384 e. The molecule has 12 heteroatoms. The second kappa shape index (κ2) is 8.45. The van der Waals surface area contributed by atoms with Crippen LogP contribution in [-0.4, -0.2) is 9.91 Å². The molecule has 0 bridgehead atoms. The van der Waals surface area contributed by atoms with Crippen molar-refractivity contribution >= 4 is 23.3 Å². The molecular formula is C20H10F3N5O3S. The number of alkyl halides is 3. The first-order chi connectivity index (χ1) is 15.1. The maximum Gasteiger partial charge on any atom is 0.416 e. The van der Waals surface area contributed by atoms with Crippen LogP contribution >= 0.6 is 11.8 Å². The van der Waals surface area contributed by atoms with E-state index in [0.717, 1.165) is 30.0 Å². The van der Waals surface area contributed by atoms with Gasteiger partial charge in [-0.2, -0.15) is 23.7 Å². The van der Waals surface area contributed by atoms with Crippen molar-refractivity contribution < 1.29 is 18.1 Å². The average Bonchev–Trinajstić information content (AvgIpc) is 2.73. The Morgan fingerprint density at radius 1 is 1.09 bits per heavy atom. The molecule has 0 unspecified atom stereocenters. The summed E-state index contributed by atoms with van der Waals surface area (Å²) in [6.07, 6.45) is -4.58. The van der Waals surface area contributed by atoms with Crippen molar-refractivity contribution in [2.45, 2.75) is 16.0 Å². The van der Waals surface area contributed by atoms with Crippen molar-refractivity contribution in [2.24, 2.45) is 0 Å². The van der Waals surface area contributed by atoms with Crippen molar-refractivity contribution in [1.82, 2.24) is 4.98 Å². The van der Waals surface area contributed by atoms with Gasteiger partial charge in [0.25, 0.3) is 11.2 Å². The highest BCUT2D eigenvalue weighted by Crippen LogP contribution is 2.40. The molecule has 1 heterocycles. The largest absolute Gasteiger partial charge is 0.416 e. The Morgan fingerprint density at radius 2 is 1.78 bits per heavy atom. The molecule has 3 rings (SSSR count). The Labute approximate surface area is 181 Å². The van der Waals surface area contributed by atoms with Crippen LogP contribution in [0.2, 0.25) is 0 Å². The minimum atomic E-state index is -4.58. The van der Waals surface area contributed by atoms with Gasteiger partial charge in [0.15, 0.2) is 0 Å². The summed E-state index contributed by atoms with van der Waals surface area (Å²) in [6, 6.07) is 11.3. The number of benzene rings is 2. The summed E-state index contributed by atoms with van der Waals surface area (Å²) in [7, 11) is 0. The van der Waals surface area contributed by atoms with E-state index in [4.69, 9.17) is 5.73 Å². The van der Waals surface area contributed by atoms with E-state index in [1.54, 1.807) is 12.1 Å². The highest BCUT2D eigenvalue weighted by molar-refractivity contribution is 7.99. The maximum absolute atomic E-state index is 13.0. The van der Waals surface area contributed by atoms with Crippen LogP contribution in [0.4, 0.5) is 24.7 Å². The quantitative estimate of drug-likeness (QED) is 0.434. The summed E-state index contributed by atoms with van der Waals surface area (Å²) in [5.41, 5.74) is 2.53. The third-order valence-corrected chi connectivity index (χ3v) is 5.36. The minimum absolute atomic E-state index is 0.0102. The number of aromatic nitrogens is 1. The normalized spacial score (nSPS) is 10.9. The number of halogens is 3. The van der Waals surface area contributed by atoms with Gasteiger partial charge in [0.1, 0.15) is 29.1 Å². The number of nitro groups is 1. The third-order valence-electron chi connectivity index (χ3n) is 4.30. The van der Waals surface area contributed by atoms with E-state index in [-0.39, 0.29) is 32.3 Å². The molecule has 0 aliphatic carbocycles. The number of pyridine rings is 1. The molecule has 160 valence electrons. The zero-order valence-electron chi connectivity index (χ0n) is 15.7. The van der Waals surface area contributed by atoms with E-state index in [9.17, 15) is 38.6 Å². The molecule has 0 spiro atoms. The van der Waals surface area contributed by atoms with Crippen LogP contribution in [0, 0.1) is 32.8 Å². The van der Waals surface area contributed by atoms with Gasteiger partial charge in [0, 0.05) is 16.5 Å². The number of nitriles is 2. The number of anilines is 1. The van der Waals surface area contributed by atoms with Gasteiger partial charge in [0.2, 0.25) is 0 Å². The van der Waals surface area contributed by atoms with Gasteiger partial charge in [-0.1, -0.05) is 23.9 Å². The predicted molar refractivity (Wildman–Crippen MR) is 109 cm³/mol. The van der Waals surface area contributed by atoms with Crippen molar-refractivity contribution in [3.63, 3.8) is 0 Å². The summed E-state index contributed by atoms with van der Waals surface area (Å²) in [5, 5.41) is 30.4. The minimum Gasteiger partial charge on any atom is -0.384 e. The molecule has 1 aromatic heterocycles. The molecule has 2 aromatic carbocycles. The fourth-order valence-electron chi connectivity index (χ4n) is 2.90. The average molecular weight is 457 g/mol. The van der Waals surface area contributed by atoms with Crippen molar-refractivity contribution in [3.8, 4) is 23.3 Å². The van der Waals surface area contributed by atoms with E-state index in [2.05, 4.69) is 4.98 Å². The molecule has 0 radical (unpaired) electrons. The first-order valence-electron chi connectivity index (χ1n) is 8.56. The Hall–Kier alpha value is -4.29. The van der Waals surface area contributed by atoms with Crippen LogP contribution in [0.25, 0.3) is 11.1 Å². The van der Waals surface area contributed by atoms with Crippen LogP contribution in [0.15, 0.2) is 57.1 Å². The number of rotatable bonds is 4. The van der Waals surface area contributed by atoms with Crippen molar-refractivity contribution in [1.29, 1.82) is 10.5 Å². The van der Waals surface area contributed by atoms with Gasteiger partial charge in [-0.25, -0.2) is 0 Å². The molecule has 0 aliphatic heterocycles. The lowest BCUT2D eigenvalue weighted by Gasteiger charge is -2.11. The first kappa shape index (κ1) is 22.4. The molecule has 0 fully saturated rings. The van der Waals surface area contributed by atoms with Gasteiger partial charge < -0.3 is 10.7 Å². The highest BCUT2D eigenvalue weighted by atomic mass is 32.2. The van der Waals surface area contributed by atoms with Gasteiger partial charge in [-0.05, 0) is 29.8 Å². The molecule has 0 amide bonds. The van der Waals surface area contributed by atoms with Crippen molar-refractivity contribution in [3.05, 3.63) is 79.6 Å². The van der Waals surface area contributed by atoms with Crippen LogP contribution in [0.3, 0.4) is 0 Å². The Kier molecular flexibility index (Phi) is 5.91. The number of nitrogen functional groups attached to an aromatic ring is 1. The van der Waals surface area contributed by atoms with Gasteiger partial charge in [0.05, 0.1) is 15.4 Å². The van der Waals surface area contributed by atoms with E-state index in [0.29, 0.717) is 0 Å². The highest BCUT2D eigenvalue weighted by Gasteiger charge is 2.30. The van der Waals surface area contributed by atoms with Gasteiger partial charge in [-0.3, -0.25) is 14.9 Å². The second-order valence-corrected chi connectivity index (χ2v) is 7.40. The summed E-state index contributed by atoms with van der Waals surface area (Å²) in [6.45, 7) is 0. The van der Waals surface area contributed by atoms with Gasteiger partial charge in [-0.15, -0.1) is 0 Å². The van der Waals surface area contributed by atoms with Crippen molar-refractivity contribution in [2.75, 3.05) is 5.73 Å². The lowest BCUT2D eigenvalue weighted by atomic mass is 9.96. The topological polar surface area (TPSA) is 150 Å². The number of nitrogens with zero attached hydrogens (tertiary/aromatic N) is 3. The lowest BCUT2D eigenvalue weighted by molar-refractivity contribution is -0.387. The van der Waals surface area contributed by atoms with Crippen LogP contribution in [-0.2, 0) is 6.18 Å². The lowest BCUT2D eigenvalue weighted by Crippen LogP contribution is -2.16. The fourth-order valence-corrected chi connectivity index (χ4v) is 3.86. The monoisotopic (exact) mass is 457 g/mol. The van der Waals surface area contributed by atoms with E-state index in [1.165, 1.54) is 24.3 Å². The zero-order valence-corrected chi connectivity index (χ0v) is 16.5. The van der Waals surface area contributed by atoms with Gasteiger partial charge >= 0.3 is 6.18 Å². The second-order valence-electron chi connectivity index (χ2n) is 6.28.